The predicted octanol–water partition coefficient (Wildman–Crippen LogP) is 5.67. The molecule has 2 atom stereocenters. The molecule has 4 aromatic rings. The van der Waals surface area contributed by atoms with Gasteiger partial charge in [0, 0.05) is 17.7 Å². The number of aromatic hydroxyl groups is 5. The molecule has 4 aromatic carbocycles. The highest BCUT2D eigenvalue weighted by molar-refractivity contribution is 5.74. The number of hydrogen-bond acceptors (Lipinski definition) is 8. The molecule has 0 saturated heterocycles. The van der Waals surface area contributed by atoms with Crippen molar-refractivity contribution in [2.45, 2.75) is 12.0 Å². The summed E-state index contributed by atoms with van der Waals surface area (Å²) in [5, 5.41) is 50.5. The monoisotopic (exact) mass is 514 g/mol. The van der Waals surface area contributed by atoms with Crippen molar-refractivity contribution in [3.05, 3.63) is 94.5 Å². The average molecular weight is 515 g/mol. The Bertz CT molecular complexity index is 1500. The summed E-state index contributed by atoms with van der Waals surface area (Å²) in [6.07, 6.45) is 2.92. The van der Waals surface area contributed by atoms with Gasteiger partial charge in [0.2, 0.25) is 0 Å². The Morgan fingerprint density at radius 3 is 1.79 bits per heavy atom. The van der Waals surface area contributed by atoms with E-state index in [0.717, 1.165) is 11.1 Å². The van der Waals surface area contributed by atoms with Gasteiger partial charge in [-0.1, -0.05) is 18.2 Å². The van der Waals surface area contributed by atoms with Crippen molar-refractivity contribution in [1.29, 1.82) is 0 Å². The van der Waals surface area contributed by atoms with Crippen LogP contribution in [-0.4, -0.2) is 39.8 Å². The Labute approximate surface area is 218 Å². The fourth-order valence-electron chi connectivity index (χ4n) is 4.81. The molecular formula is C30H26O8. The van der Waals surface area contributed by atoms with Gasteiger partial charge in [-0.15, -0.1) is 0 Å². The Morgan fingerprint density at radius 2 is 1.21 bits per heavy atom. The van der Waals surface area contributed by atoms with Gasteiger partial charge < -0.3 is 39.7 Å². The number of benzene rings is 4. The quantitative estimate of drug-likeness (QED) is 0.208. The van der Waals surface area contributed by atoms with Crippen LogP contribution >= 0.6 is 0 Å². The van der Waals surface area contributed by atoms with Crippen molar-refractivity contribution in [1.82, 2.24) is 0 Å². The largest absolute Gasteiger partial charge is 0.508 e. The Hall–Kier alpha value is -4.98. The second kappa shape index (κ2) is 9.82. The molecule has 5 N–H and O–H groups in total. The number of rotatable bonds is 6. The first kappa shape index (κ1) is 24.7. The molecule has 0 aromatic heterocycles. The van der Waals surface area contributed by atoms with E-state index in [0.29, 0.717) is 33.9 Å². The standard InChI is InChI=1S/C30H26O8/c1-36-26-6-5-18(13-25(26)35)29-28(19-11-22(33)15-23(34)12-19)24-9-17(10-27(37-2)30(24)38-29)4-3-16-7-20(31)14-21(32)8-16/h3-15,28-29,31-35H,1-2H3/b4-3+/t28-,29+/m0/s1. The Kier molecular flexibility index (Phi) is 6.38. The first-order chi connectivity index (χ1) is 18.2. The van der Waals surface area contributed by atoms with Crippen LogP contribution in [0, 0.1) is 0 Å². The summed E-state index contributed by atoms with van der Waals surface area (Å²) in [7, 11) is 2.99. The average Bonchev–Trinajstić information content (AvgIpc) is 3.25. The van der Waals surface area contributed by atoms with Crippen molar-refractivity contribution in [3.63, 3.8) is 0 Å². The van der Waals surface area contributed by atoms with Crippen LogP contribution in [0.1, 0.15) is 39.8 Å². The SMILES string of the molecule is COc1ccc([C@H]2Oc3c(OC)cc(/C=C/c4cc(O)cc(O)c4)cc3[C@@H]2c2cc(O)cc(O)c2)cc1O. The van der Waals surface area contributed by atoms with Crippen molar-refractivity contribution in [3.8, 4) is 46.0 Å². The van der Waals surface area contributed by atoms with Crippen LogP contribution in [0.3, 0.4) is 0 Å². The van der Waals surface area contributed by atoms with Crippen molar-refractivity contribution in [2.75, 3.05) is 14.2 Å². The second-order valence-corrected chi connectivity index (χ2v) is 8.99. The second-order valence-electron chi connectivity index (χ2n) is 8.99. The van der Waals surface area contributed by atoms with Crippen LogP contribution in [-0.2, 0) is 0 Å². The molecule has 0 aliphatic carbocycles. The molecule has 38 heavy (non-hydrogen) atoms. The third kappa shape index (κ3) is 4.71. The highest BCUT2D eigenvalue weighted by Gasteiger charge is 2.39. The predicted molar refractivity (Wildman–Crippen MR) is 141 cm³/mol. The van der Waals surface area contributed by atoms with Gasteiger partial charge in [0.15, 0.2) is 23.0 Å². The summed E-state index contributed by atoms with van der Waals surface area (Å²) in [6, 6.07) is 17.4. The van der Waals surface area contributed by atoms with E-state index in [1.165, 1.54) is 38.5 Å². The molecule has 0 amide bonds. The van der Waals surface area contributed by atoms with Gasteiger partial charge in [-0.3, -0.25) is 0 Å². The van der Waals surface area contributed by atoms with E-state index in [1.807, 2.05) is 6.07 Å². The zero-order valence-corrected chi connectivity index (χ0v) is 20.6. The lowest BCUT2D eigenvalue weighted by molar-refractivity contribution is 0.213. The summed E-state index contributed by atoms with van der Waals surface area (Å²) in [4.78, 5) is 0. The number of phenols is 5. The highest BCUT2D eigenvalue weighted by atomic mass is 16.5. The van der Waals surface area contributed by atoms with Gasteiger partial charge in [0.1, 0.15) is 29.1 Å². The molecule has 0 bridgehead atoms. The summed E-state index contributed by atoms with van der Waals surface area (Å²) in [5.41, 5.74) is 3.34. The number of hydrogen-bond donors (Lipinski definition) is 5. The highest BCUT2D eigenvalue weighted by Crippen LogP contribution is 2.54. The topological polar surface area (TPSA) is 129 Å². The van der Waals surface area contributed by atoms with E-state index in [4.69, 9.17) is 14.2 Å². The Balaban J connectivity index is 1.64. The summed E-state index contributed by atoms with van der Waals surface area (Å²) < 4.78 is 17.2. The van der Waals surface area contributed by atoms with Crippen LogP contribution < -0.4 is 14.2 Å². The van der Waals surface area contributed by atoms with Crippen LogP contribution in [0.4, 0.5) is 0 Å². The van der Waals surface area contributed by atoms with Crippen LogP contribution in [0.2, 0.25) is 0 Å². The van der Waals surface area contributed by atoms with E-state index in [2.05, 4.69) is 0 Å². The molecule has 0 unspecified atom stereocenters. The Morgan fingerprint density at radius 1 is 0.632 bits per heavy atom. The van der Waals surface area contributed by atoms with Crippen LogP contribution in [0.25, 0.3) is 12.2 Å². The molecule has 0 radical (unpaired) electrons. The minimum Gasteiger partial charge on any atom is -0.508 e. The van der Waals surface area contributed by atoms with E-state index in [9.17, 15) is 25.5 Å². The minimum absolute atomic E-state index is 0.0491. The first-order valence-corrected chi connectivity index (χ1v) is 11.7. The van der Waals surface area contributed by atoms with Crippen LogP contribution in [0.15, 0.2) is 66.7 Å². The van der Waals surface area contributed by atoms with Gasteiger partial charge in [0.25, 0.3) is 0 Å². The summed E-state index contributed by atoms with van der Waals surface area (Å²) in [6.45, 7) is 0. The van der Waals surface area contributed by atoms with Gasteiger partial charge in [-0.25, -0.2) is 0 Å². The molecule has 0 spiro atoms. The van der Waals surface area contributed by atoms with Gasteiger partial charge in [-0.2, -0.15) is 0 Å². The fourth-order valence-corrected chi connectivity index (χ4v) is 4.81. The molecule has 8 heteroatoms. The lowest BCUT2D eigenvalue weighted by Crippen LogP contribution is -2.11. The maximum Gasteiger partial charge on any atom is 0.166 e. The normalized spacial score (nSPS) is 16.3. The zero-order valence-electron chi connectivity index (χ0n) is 20.6. The first-order valence-electron chi connectivity index (χ1n) is 11.7. The van der Waals surface area contributed by atoms with Gasteiger partial charge in [0.05, 0.1) is 20.1 Å². The fraction of sp³-hybridized carbons (Fsp3) is 0.133. The molecule has 0 saturated carbocycles. The molecule has 1 aliphatic heterocycles. The van der Waals surface area contributed by atoms with E-state index in [1.54, 1.807) is 48.6 Å². The smallest absolute Gasteiger partial charge is 0.166 e. The number of phenolic OH excluding ortho intramolecular Hbond substituents is 5. The van der Waals surface area contributed by atoms with Crippen molar-refractivity contribution in [2.24, 2.45) is 0 Å². The molecule has 1 heterocycles. The summed E-state index contributed by atoms with van der Waals surface area (Å²) >= 11 is 0. The van der Waals surface area contributed by atoms with E-state index < -0.39 is 12.0 Å². The van der Waals surface area contributed by atoms with Gasteiger partial charge in [-0.05, 0) is 70.8 Å². The molecule has 5 rings (SSSR count). The molecular weight excluding hydrogens is 488 g/mol. The van der Waals surface area contributed by atoms with Gasteiger partial charge >= 0.3 is 0 Å². The molecule has 194 valence electrons. The number of methoxy groups -OCH3 is 2. The number of ether oxygens (including phenoxy) is 3. The third-order valence-electron chi connectivity index (χ3n) is 6.42. The maximum absolute atomic E-state index is 10.4. The zero-order chi connectivity index (χ0) is 27.0. The lowest BCUT2D eigenvalue weighted by Gasteiger charge is -2.21. The minimum atomic E-state index is -0.626. The third-order valence-corrected chi connectivity index (χ3v) is 6.42. The van der Waals surface area contributed by atoms with Crippen molar-refractivity contribution >= 4 is 12.2 Å². The molecule has 8 nitrogen and oxygen atoms in total. The van der Waals surface area contributed by atoms with Crippen molar-refractivity contribution < 1.29 is 39.7 Å². The number of fused-ring (bicyclic) bond motifs is 1. The maximum atomic E-state index is 10.4. The molecule has 0 fully saturated rings. The lowest BCUT2D eigenvalue weighted by atomic mass is 9.84. The van der Waals surface area contributed by atoms with E-state index in [-0.39, 0.29) is 28.7 Å². The summed E-state index contributed by atoms with van der Waals surface area (Å²) in [5.74, 6) is 0.433. The van der Waals surface area contributed by atoms with E-state index >= 15 is 0 Å². The van der Waals surface area contributed by atoms with Crippen LogP contribution in [0.5, 0.6) is 46.0 Å². The molecule has 1 aliphatic rings.